The van der Waals surface area contributed by atoms with Crippen LogP contribution in [0.15, 0.2) is 66.7 Å². The fourth-order valence-corrected chi connectivity index (χ4v) is 6.54. The van der Waals surface area contributed by atoms with Gasteiger partial charge in [-0.3, -0.25) is 19.3 Å². The van der Waals surface area contributed by atoms with Gasteiger partial charge < -0.3 is 5.32 Å². The van der Waals surface area contributed by atoms with Crippen molar-refractivity contribution in [1.29, 1.82) is 0 Å². The number of hydrogen-bond donors (Lipinski definition) is 1. The number of rotatable bonds is 5. The number of carbonyl (C=O) groups is 3. The number of hydrogen-bond acceptors (Lipinski definition) is 3. The molecule has 0 radical (unpaired) electrons. The minimum atomic E-state index is -0.863. The normalized spacial score (nSPS) is 32.5. The van der Waals surface area contributed by atoms with Gasteiger partial charge in [0.05, 0.1) is 11.8 Å². The highest BCUT2D eigenvalue weighted by Gasteiger charge is 2.67. The Morgan fingerprint density at radius 1 is 0.938 bits per heavy atom. The molecule has 1 aliphatic heterocycles. The van der Waals surface area contributed by atoms with E-state index in [9.17, 15) is 14.4 Å². The van der Waals surface area contributed by atoms with Gasteiger partial charge in [0.25, 0.3) is 0 Å². The molecule has 1 N–H and O–H groups in total. The molecule has 3 amide bonds. The molecule has 162 valence electrons. The number of anilines is 1. The summed E-state index contributed by atoms with van der Waals surface area (Å²) in [6.07, 6.45) is 5.75. The van der Waals surface area contributed by atoms with E-state index in [2.05, 4.69) is 40.1 Å². The Morgan fingerprint density at radius 3 is 2.12 bits per heavy atom. The first kappa shape index (κ1) is 20.1. The van der Waals surface area contributed by atoms with Crippen molar-refractivity contribution in [2.45, 2.75) is 18.9 Å². The zero-order valence-electron chi connectivity index (χ0n) is 17.4. The van der Waals surface area contributed by atoms with Gasteiger partial charge in [0.15, 0.2) is 0 Å². The molecule has 2 saturated carbocycles. The van der Waals surface area contributed by atoms with Gasteiger partial charge in [0.1, 0.15) is 6.04 Å². The Morgan fingerprint density at radius 2 is 1.53 bits per heavy atom. The van der Waals surface area contributed by atoms with Crippen molar-refractivity contribution in [3.63, 3.8) is 0 Å². The van der Waals surface area contributed by atoms with Gasteiger partial charge in [-0.25, -0.2) is 0 Å². The van der Waals surface area contributed by atoms with E-state index in [0.717, 1.165) is 15.6 Å². The summed E-state index contributed by atoms with van der Waals surface area (Å²) in [6, 6.07) is 16.3. The van der Waals surface area contributed by atoms with Crippen molar-refractivity contribution in [3.05, 3.63) is 75.9 Å². The van der Waals surface area contributed by atoms with E-state index in [4.69, 9.17) is 0 Å². The maximum absolute atomic E-state index is 13.6. The molecule has 3 fully saturated rings. The van der Waals surface area contributed by atoms with Crippen LogP contribution >= 0.6 is 22.6 Å². The van der Waals surface area contributed by atoms with Crippen LogP contribution in [0.25, 0.3) is 0 Å². The SMILES string of the molecule is O=C(Nc1ccc(I)cc1)[C@H](Cc1ccccc1)N1C(=O)[C@@H]2[C@H]3C=C[C@@H]([C@@H]4C[C@@H]34)[C@@H]2C1=O. The number of benzene rings is 2. The summed E-state index contributed by atoms with van der Waals surface area (Å²) < 4.78 is 1.07. The molecule has 32 heavy (non-hydrogen) atoms. The maximum Gasteiger partial charge on any atom is 0.248 e. The number of imide groups is 1. The van der Waals surface area contributed by atoms with Crippen LogP contribution in [-0.2, 0) is 20.8 Å². The second-order valence-corrected chi connectivity index (χ2v) is 10.6. The van der Waals surface area contributed by atoms with Gasteiger partial charge in [-0.1, -0.05) is 42.5 Å². The first-order chi connectivity index (χ1) is 15.5. The van der Waals surface area contributed by atoms with E-state index < -0.39 is 6.04 Å². The lowest BCUT2D eigenvalue weighted by molar-refractivity contribution is -0.146. The van der Waals surface area contributed by atoms with E-state index in [-0.39, 0.29) is 41.4 Å². The molecule has 6 heteroatoms. The second kappa shape index (κ2) is 7.54. The zero-order valence-corrected chi connectivity index (χ0v) is 19.5. The molecule has 2 aromatic rings. The Bertz CT molecular complexity index is 1090. The summed E-state index contributed by atoms with van der Waals surface area (Å²) in [5.74, 6) is 0.123. The van der Waals surface area contributed by atoms with Crippen molar-refractivity contribution in [2.24, 2.45) is 35.5 Å². The molecule has 2 bridgehead atoms. The summed E-state index contributed by atoms with van der Waals surface area (Å²) >= 11 is 2.21. The molecule has 2 aromatic carbocycles. The van der Waals surface area contributed by atoms with Crippen LogP contribution in [0.1, 0.15) is 12.0 Å². The molecular formula is C26H23IN2O3. The molecule has 4 aliphatic carbocycles. The Balaban J connectivity index is 1.33. The average molecular weight is 538 g/mol. The molecule has 5 aliphatic rings. The molecule has 0 spiro atoms. The summed E-state index contributed by atoms with van der Waals surface area (Å²) in [7, 11) is 0. The van der Waals surface area contributed by atoms with Gasteiger partial charge in [-0.2, -0.15) is 0 Å². The predicted molar refractivity (Wildman–Crippen MR) is 128 cm³/mol. The summed E-state index contributed by atoms with van der Waals surface area (Å²) in [5.41, 5.74) is 1.59. The van der Waals surface area contributed by atoms with Gasteiger partial charge in [0.2, 0.25) is 17.7 Å². The number of carbonyl (C=O) groups excluding carboxylic acids is 3. The maximum atomic E-state index is 13.6. The number of allylic oxidation sites excluding steroid dienone is 2. The van der Waals surface area contributed by atoms with E-state index in [1.54, 1.807) is 0 Å². The van der Waals surface area contributed by atoms with Crippen molar-refractivity contribution in [3.8, 4) is 0 Å². The Labute approximate surface area is 200 Å². The largest absolute Gasteiger partial charge is 0.324 e. The average Bonchev–Trinajstić information content (AvgIpc) is 3.58. The van der Waals surface area contributed by atoms with E-state index >= 15 is 0 Å². The second-order valence-electron chi connectivity index (χ2n) is 9.40. The number of likely N-dealkylation sites (tertiary alicyclic amines) is 1. The first-order valence-corrected chi connectivity index (χ1v) is 12.3. The third-order valence-corrected chi connectivity index (χ3v) is 8.41. The minimum Gasteiger partial charge on any atom is -0.324 e. The third kappa shape index (κ3) is 3.14. The number of nitrogens with zero attached hydrogens (tertiary/aromatic N) is 1. The molecule has 7 rings (SSSR count). The Hall–Kier alpha value is -2.48. The first-order valence-electron chi connectivity index (χ1n) is 11.2. The monoisotopic (exact) mass is 538 g/mol. The number of amides is 3. The molecule has 1 heterocycles. The molecule has 0 aromatic heterocycles. The smallest absolute Gasteiger partial charge is 0.248 e. The van der Waals surface area contributed by atoms with Crippen molar-refractivity contribution >= 4 is 46.0 Å². The third-order valence-electron chi connectivity index (χ3n) is 7.69. The van der Waals surface area contributed by atoms with Crippen LogP contribution in [0, 0.1) is 39.1 Å². The highest BCUT2D eigenvalue weighted by Crippen LogP contribution is 2.65. The van der Waals surface area contributed by atoms with Gasteiger partial charge >= 0.3 is 0 Å². The molecular weight excluding hydrogens is 515 g/mol. The van der Waals surface area contributed by atoms with E-state index in [0.29, 0.717) is 23.9 Å². The van der Waals surface area contributed by atoms with Crippen molar-refractivity contribution < 1.29 is 14.4 Å². The Kier molecular flexibility index (Phi) is 4.75. The zero-order chi connectivity index (χ0) is 22.0. The van der Waals surface area contributed by atoms with E-state index in [1.807, 2.05) is 54.6 Å². The molecule has 0 unspecified atom stereocenters. The van der Waals surface area contributed by atoms with Crippen LogP contribution in [0.3, 0.4) is 0 Å². The lowest BCUT2D eigenvalue weighted by atomic mass is 9.63. The van der Waals surface area contributed by atoms with Gasteiger partial charge in [0, 0.05) is 15.7 Å². The topological polar surface area (TPSA) is 66.5 Å². The minimum absolute atomic E-state index is 0.146. The predicted octanol–water partition coefficient (Wildman–Crippen LogP) is 3.89. The van der Waals surface area contributed by atoms with Gasteiger partial charge in [-0.05, 0) is 82.5 Å². The molecule has 7 atom stereocenters. The fourth-order valence-electron chi connectivity index (χ4n) is 6.18. The summed E-state index contributed by atoms with van der Waals surface area (Å²) in [6.45, 7) is 0. The van der Waals surface area contributed by atoms with Crippen LogP contribution in [0.2, 0.25) is 0 Å². The lowest BCUT2D eigenvalue weighted by Gasteiger charge is -2.37. The molecule has 5 nitrogen and oxygen atoms in total. The highest BCUT2D eigenvalue weighted by atomic mass is 127. The molecule has 1 saturated heterocycles. The number of halogens is 1. The standard InChI is InChI=1S/C26H23IN2O3/c27-15-6-8-16(9-7-15)28-24(30)21(12-14-4-2-1-3-5-14)29-25(31)22-17-10-11-18(20-13-19(17)20)23(22)26(29)32/h1-11,17-23H,12-13H2,(H,28,30)/t17-,18-,19-,20-,21-,22-,23+/m0/s1. The van der Waals surface area contributed by atoms with Crippen LogP contribution in [0.5, 0.6) is 0 Å². The number of nitrogens with one attached hydrogen (secondary N) is 1. The van der Waals surface area contributed by atoms with Crippen LogP contribution < -0.4 is 5.32 Å². The van der Waals surface area contributed by atoms with Gasteiger partial charge in [-0.15, -0.1) is 0 Å². The fraction of sp³-hybridized carbons (Fsp3) is 0.346. The van der Waals surface area contributed by atoms with Crippen LogP contribution in [0.4, 0.5) is 5.69 Å². The lowest BCUT2D eigenvalue weighted by Crippen LogP contribution is -2.49. The van der Waals surface area contributed by atoms with E-state index in [1.165, 1.54) is 4.90 Å². The summed E-state index contributed by atoms with van der Waals surface area (Å²) in [5, 5.41) is 2.94. The van der Waals surface area contributed by atoms with Crippen molar-refractivity contribution in [2.75, 3.05) is 5.32 Å². The van der Waals surface area contributed by atoms with Crippen molar-refractivity contribution in [1.82, 2.24) is 4.90 Å². The summed E-state index contributed by atoms with van der Waals surface area (Å²) in [4.78, 5) is 42.0. The quantitative estimate of drug-likeness (QED) is 0.357. The van der Waals surface area contributed by atoms with Crippen LogP contribution in [-0.4, -0.2) is 28.7 Å². The highest BCUT2D eigenvalue weighted by molar-refractivity contribution is 14.1.